The molecule has 0 bridgehead atoms. The molecule has 1 aromatic rings. The first-order chi connectivity index (χ1) is 9.94. The summed E-state index contributed by atoms with van der Waals surface area (Å²) in [5, 5.41) is 1.67. The molecular formula is C12H15F3N2O4S. The van der Waals surface area contributed by atoms with E-state index in [2.05, 4.69) is 15.0 Å². The number of hydrogen-bond donors (Lipinski definition) is 1. The number of ether oxygens (including phenoxy) is 2. The summed E-state index contributed by atoms with van der Waals surface area (Å²) in [6, 6.07) is 0. The molecule has 0 fully saturated rings. The van der Waals surface area contributed by atoms with Crippen LogP contribution in [0.2, 0.25) is 0 Å². The van der Waals surface area contributed by atoms with E-state index < -0.39 is 39.5 Å². The number of carbonyl (C=O) groups is 2. The second-order valence-corrected chi connectivity index (χ2v) is 6.04. The van der Waals surface area contributed by atoms with E-state index in [-0.39, 0.29) is 6.61 Å². The van der Waals surface area contributed by atoms with Gasteiger partial charge in [0.1, 0.15) is 10.5 Å². The van der Waals surface area contributed by atoms with Gasteiger partial charge in [-0.3, -0.25) is 5.32 Å². The zero-order valence-electron chi connectivity index (χ0n) is 12.3. The van der Waals surface area contributed by atoms with Crippen LogP contribution in [0.3, 0.4) is 0 Å². The van der Waals surface area contributed by atoms with Gasteiger partial charge in [-0.15, -0.1) is 0 Å². The molecule has 1 amide bonds. The normalized spacial score (nSPS) is 12.0. The van der Waals surface area contributed by atoms with E-state index in [9.17, 15) is 22.8 Å². The molecule has 1 N–H and O–H groups in total. The van der Waals surface area contributed by atoms with Crippen LogP contribution in [0, 0.1) is 0 Å². The Kier molecular flexibility index (Phi) is 5.39. The number of anilines is 1. The average Bonchev–Trinajstić information content (AvgIpc) is 2.70. The number of aromatic nitrogens is 1. The van der Waals surface area contributed by atoms with Crippen molar-refractivity contribution < 1.29 is 32.2 Å². The lowest BCUT2D eigenvalue weighted by atomic mass is 10.2. The second-order valence-electron chi connectivity index (χ2n) is 5.04. The maximum Gasteiger partial charge on any atom is 0.435 e. The molecule has 0 aliphatic heterocycles. The minimum atomic E-state index is -4.84. The van der Waals surface area contributed by atoms with Crippen LogP contribution >= 0.6 is 11.3 Å². The summed E-state index contributed by atoms with van der Waals surface area (Å²) in [4.78, 5) is 25.6. The molecule has 0 aliphatic rings. The maximum absolute atomic E-state index is 12.9. The smallest absolute Gasteiger partial charge is 0.435 e. The predicted octanol–water partition coefficient (Wildman–Crippen LogP) is 3.69. The molecule has 1 heterocycles. The first-order valence-corrected chi connectivity index (χ1v) is 7.01. The summed E-state index contributed by atoms with van der Waals surface area (Å²) in [7, 11) is 0. The molecule has 0 radical (unpaired) electrons. The van der Waals surface area contributed by atoms with Gasteiger partial charge in [-0.05, 0) is 27.7 Å². The van der Waals surface area contributed by atoms with Gasteiger partial charge in [0.2, 0.25) is 0 Å². The number of halogens is 3. The summed E-state index contributed by atoms with van der Waals surface area (Å²) in [6.07, 6.45) is -5.81. The molecule has 6 nitrogen and oxygen atoms in total. The lowest BCUT2D eigenvalue weighted by Gasteiger charge is -2.18. The monoisotopic (exact) mass is 340 g/mol. The number of hydrogen-bond acceptors (Lipinski definition) is 6. The predicted molar refractivity (Wildman–Crippen MR) is 72.9 cm³/mol. The van der Waals surface area contributed by atoms with E-state index >= 15 is 0 Å². The molecule has 0 atom stereocenters. The number of nitrogens with zero attached hydrogens (tertiary/aromatic N) is 1. The van der Waals surface area contributed by atoms with Gasteiger partial charge in [0, 0.05) is 0 Å². The highest BCUT2D eigenvalue weighted by molar-refractivity contribution is 7.17. The zero-order chi connectivity index (χ0) is 17.1. The third-order valence-electron chi connectivity index (χ3n) is 1.96. The van der Waals surface area contributed by atoms with Crippen LogP contribution in [0.5, 0.6) is 0 Å². The third-order valence-corrected chi connectivity index (χ3v) is 2.92. The molecular weight excluding hydrogens is 325 g/mol. The molecule has 124 valence electrons. The Balaban J connectivity index is 3.03. The van der Waals surface area contributed by atoms with Gasteiger partial charge in [-0.2, -0.15) is 13.2 Å². The van der Waals surface area contributed by atoms with Gasteiger partial charge in [-0.25, -0.2) is 14.6 Å². The fraction of sp³-hybridized carbons (Fsp3) is 0.583. The van der Waals surface area contributed by atoms with Crippen LogP contribution in [0.4, 0.5) is 23.1 Å². The summed E-state index contributed by atoms with van der Waals surface area (Å²) in [5.74, 6) is -1.15. The molecule has 22 heavy (non-hydrogen) atoms. The Hall–Kier alpha value is -1.84. The van der Waals surface area contributed by atoms with E-state index in [0.717, 1.165) is 0 Å². The Bertz CT molecular complexity index is 564. The number of amides is 1. The van der Waals surface area contributed by atoms with Crippen LogP contribution in [-0.4, -0.2) is 29.3 Å². The summed E-state index contributed by atoms with van der Waals surface area (Å²) < 4.78 is 48.0. The topological polar surface area (TPSA) is 77.5 Å². The fourth-order valence-electron chi connectivity index (χ4n) is 1.29. The molecule has 1 aromatic heterocycles. The van der Waals surface area contributed by atoms with Crippen molar-refractivity contribution in [1.82, 2.24) is 4.98 Å². The first kappa shape index (κ1) is 18.2. The lowest BCUT2D eigenvalue weighted by Crippen LogP contribution is -2.27. The fourth-order valence-corrected chi connectivity index (χ4v) is 2.16. The molecule has 10 heteroatoms. The third kappa shape index (κ3) is 5.17. The van der Waals surface area contributed by atoms with Gasteiger partial charge >= 0.3 is 18.2 Å². The zero-order valence-corrected chi connectivity index (χ0v) is 13.1. The van der Waals surface area contributed by atoms with Crippen LogP contribution in [-0.2, 0) is 15.7 Å². The van der Waals surface area contributed by atoms with Gasteiger partial charge in [0.25, 0.3) is 0 Å². The summed E-state index contributed by atoms with van der Waals surface area (Å²) in [6.45, 7) is 6.17. The highest BCUT2D eigenvalue weighted by Gasteiger charge is 2.40. The quantitative estimate of drug-likeness (QED) is 0.849. The van der Waals surface area contributed by atoms with Crippen LogP contribution in [0.1, 0.15) is 43.1 Å². The van der Waals surface area contributed by atoms with Crippen molar-refractivity contribution in [2.45, 2.75) is 39.5 Å². The van der Waals surface area contributed by atoms with Crippen molar-refractivity contribution in [3.8, 4) is 0 Å². The largest absolute Gasteiger partial charge is 0.462 e. The highest BCUT2D eigenvalue weighted by atomic mass is 32.1. The second kappa shape index (κ2) is 6.51. The Morgan fingerprint density at radius 3 is 2.32 bits per heavy atom. The number of esters is 1. The average molecular weight is 340 g/mol. The number of thiazole rings is 1. The molecule has 1 rings (SSSR count). The van der Waals surface area contributed by atoms with Crippen LogP contribution in [0.25, 0.3) is 0 Å². The van der Waals surface area contributed by atoms with Crippen molar-refractivity contribution >= 4 is 28.5 Å². The SMILES string of the molecule is CCOC(=O)c1sc(NC(=O)OC(C)(C)C)nc1C(F)(F)F. The van der Waals surface area contributed by atoms with Gasteiger partial charge in [0.15, 0.2) is 10.8 Å². The summed E-state index contributed by atoms with van der Waals surface area (Å²) in [5.41, 5.74) is -2.22. The molecule has 0 spiro atoms. The molecule has 0 saturated carbocycles. The highest BCUT2D eigenvalue weighted by Crippen LogP contribution is 2.36. The Labute approximate surface area is 128 Å². The number of alkyl halides is 3. The molecule has 0 aliphatic carbocycles. The minimum absolute atomic E-state index is 0.0805. The van der Waals surface area contributed by atoms with Crippen molar-refractivity contribution in [3.63, 3.8) is 0 Å². The van der Waals surface area contributed by atoms with Gasteiger partial charge < -0.3 is 9.47 Å². The number of nitrogens with one attached hydrogen (secondary N) is 1. The molecule has 0 unspecified atom stereocenters. The van der Waals surface area contributed by atoms with Crippen molar-refractivity contribution in [2.24, 2.45) is 0 Å². The van der Waals surface area contributed by atoms with E-state index in [1.54, 1.807) is 20.8 Å². The lowest BCUT2D eigenvalue weighted by molar-refractivity contribution is -0.141. The first-order valence-electron chi connectivity index (χ1n) is 6.19. The minimum Gasteiger partial charge on any atom is -0.462 e. The van der Waals surface area contributed by atoms with E-state index in [0.29, 0.717) is 11.3 Å². The van der Waals surface area contributed by atoms with E-state index in [1.165, 1.54) is 6.92 Å². The van der Waals surface area contributed by atoms with Crippen LogP contribution in [0.15, 0.2) is 0 Å². The maximum atomic E-state index is 12.9. The summed E-state index contributed by atoms with van der Waals surface area (Å²) >= 11 is 0.371. The van der Waals surface area contributed by atoms with E-state index in [4.69, 9.17) is 4.74 Å². The molecule has 0 aromatic carbocycles. The molecule has 0 saturated heterocycles. The van der Waals surface area contributed by atoms with Crippen molar-refractivity contribution in [1.29, 1.82) is 0 Å². The van der Waals surface area contributed by atoms with Gasteiger partial charge in [-0.1, -0.05) is 11.3 Å². The number of carbonyl (C=O) groups excluding carboxylic acids is 2. The Morgan fingerprint density at radius 1 is 1.27 bits per heavy atom. The van der Waals surface area contributed by atoms with Crippen molar-refractivity contribution in [3.05, 3.63) is 10.6 Å². The standard InChI is InChI=1S/C12H15F3N2O4S/c1-5-20-8(18)6-7(12(13,14)15)16-9(22-6)17-10(19)21-11(2,3)4/h5H2,1-4H3,(H,16,17,19). The Morgan fingerprint density at radius 2 is 1.86 bits per heavy atom. The van der Waals surface area contributed by atoms with E-state index in [1.807, 2.05) is 0 Å². The number of rotatable bonds is 3. The van der Waals surface area contributed by atoms with Crippen molar-refractivity contribution in [2.75, 3.05) is 11.9 Å². The van der Waals surface area contributed by atoms with Crippen LogP contribution < -0.4 is 5.32 Å². The van der Waals surface area contributed by atoms with Gasteiger partial charge in [0.05, 0.1) is 6.61 Å².